The highest BCUT2D eigenvalue weighted by molar-refractivity contribution is 5.89. The number of nitrogens with zero attached hydrogens (tertiary/aromatic N) is 1. The summed E-state index contributed by atoms with van der Waals surface area (Å²) in [6, 6.07) is 10.4. The lowest BCUT2D eigenvalue weighted by Crippen LogP contribution is -2.44. The fraction of sp³-hybridized carbons (Fsp3) is 0.500. The summed E-state index contributed by atoms with van der Waals surface area (Å²) in [5.41, 5.74) is 2.56. The molecule has 2 bridgehead atoms. The Bertz CT molecular complexity index is 724. The zero-order valence-corrected chi connectivity index (χ0v) is 13.6. The number of fused-ring (bicyclic) bond motifs is 1. The van der Waals surface area contributed by atoms with Gasteiger partial charge in [0.15, 0.2) is 0 Å². The molecule has 1 amide bonds. The van der Waals surface area contributed by atoms with Gasteiger partial charge in [-0.3, -0.25) is 9.59 Å². The third-order valence-corrected chi connectivity index (χ3v) is 6.43. The van der Waals surface area contributed by atoms with Crippen LogP contribution < -0.4 is 0 Å². The minimum absolute atomic E-state index is 0.0995. The van der Waals surface area contributed by atoms with Crippen LogP contribution in [0.4, 0.5) is 0 Å². The van der Waals surface area contributed by atoms with E-state index in [9.17, 15) is 9.59 Å². The van der Waals surface area contributed by atoms with Gasteiger partial charge in [0.25, 0.3) is 0 Å². The normalized spacial score (nSPS) is 36.7. The minimum Gasteiger partial charge on any atom is -0.462 e. The molecule has 1 saturated heterocycles. The summed E-state index contributed by atoms with van der Waals surface area (Å²) in [5, 5.41) is 0. The SMILES string of the molecule is O=C1O[C@@H]2C[C@H]3C[C@@H]2[C@@H]1[C@H]3C(=O)N1CC=C(c2ccccc2)CC1. The van der Waals surface area contributed by atoms with Crippen molar-refractivity contribution in [2.45, 2.75) is 25.4 Å². The second-order valence-electron chi connectivity index (χ2n) is 7.55. The average Bonchev–Trinajstić information content (AvgIpc) is 3.24. The van der Waals surface area contributed by atoms with Gasteiger partial charge in [-0.15, -0.1) is 0 Å². The van der Waals surface area contributed by atoms with Crippen LogP contribution in [0.1, 0.15) is 24.8 Å². The van der Waals surface area contributed by atoms with Gasteiger partial charge in [0.05, 0.1) is 11.8 Å². The van der Waals surface area contributed by atoms with Crippen LogP contribution in [0.15, 0.2) is 36.4 Å². The lowest BCUT2D eigenvalue weighted by Gasteiger charge is -2.32. The maximum atomic E-state index is 13.1. The van der Waals surface area contributed by atoms with Gasteiger partial charge in [-0.05, 0) is 36.3 Å². The third-order valence-electron chi connectivity index (χ3n) is 6.43. The number of esters is 1. The first-order valence-corrected chi connectivity index (χ1v) is 8.96. The molecule has 3 fully saturated rings. The van der Waals surface area contributed by atoms with Crippen molar-refractivity contribution >= 4 is 17.4 Å². The highest BCUT2D eigenvalue weighted by Crippen LogP contribution is 2.58. The molecule has 1 aromatic rings. The number of hydrogen-bond donors (Lipinski definition) is 0. The van der Waals surface area contributed by atoms with Crippen molar-refractivity contribution in [2.75, 3.05) is 13.1 Å². The molecule has 124 valence electrons. The maximum Gasteiger partial charge on any atom is 0.310 e. The van der Waals surface area contributed by atoms with E-state index < -0.39 is 0 Å². The molecular formula is C20H21NO3. The molecule has 4 heteroatoms. The molecule has 5 rings (SSSR count). The van der Waals surface area contributed by atoms with Crippen LogP contribution in [0.2, 0.25) is 0 Å². The number of carbonyl (C=O) groups excluding carboxylic acids is 2. The first kappa shape index (κ1) is 14.3. The summed E-state index contributed by atoms with van der Waals surface area (Å²) in [4.78, 5) is 27.1. The smallest absolute Gasteiger partial charge is 0.310 e. The predicted octanol–water partition coefficient (Wildman–Crippen LogP) is 2.50. The average molecular weight is 323 g/mol. The van der Waals surface area contributed by atoms with Crippen LogP contribution >= 0.6 is 0 Å². The van der Waals surface area contributed by atoms with E-state index in [4.69, 9.17) is 4.74 Å². The quantitative estimate of drug-likeness (QED) is 0.786. The van der Waals surface area contributed by atoms with Gasteiger partial charge in [-0.2, -0.15) is 0 Å². The largest absolute Gasteiger partial charge is 0.462 e. The molecule has 2 aliphatic heterocycles. The van der Waals surface area contributed by atoms with E-state index in [1.165, 1.54) is 11.1 Å². The van der Waals surface area contributed by atoms with Crippen molar-refractivity contribution in [3.05, 3.63) is 42.0 Å². The number of rotatable bonds is 2. The van der Waals surface area contributed by atoms with Crippen molar-refractivity contribution in [1.29, 1.82) is 0 Å². The van der Waals surface area contributed by atoms with E-state index in [0.29, 0.717) is 18.4 Å². The van der Waals surface area contributed by atoms with Crippen LogP contribution in [0.3, 0.4) is 0 Å². The molecule has 0 spiro atoms. The maximum absolute atomic E-state index is 13.1. The fourth-order valence-corrected chi connectivity index (χ4v) is 5.34. The standard InChI is InChI=1S/C20H21NO3/c22-19(17-14-10-15-16(11-14)24-20(23)18(15)17)21-8-6-13(7-9-21)12-4-2-1-3-5-12/h1-6,14-18H,7-11H2/t14-,15+,16-,17+,18-/m1/s1. The molecule has 0 unspecified atom stereocenters. The van der Waals surface area contributed by atoms with Gasteiger partial charge in [0.2, 0.25) is 5.91 Å². The second-order valence-corrected chi connectivity index (χ2v) is 7.55. The fourth-order valence-electron chi connectivity index (χ4n) is 5.34. The Hall–Kier alpha value is -2.10. The Morgan fingerprint density at radius 2 is 2.00 bits per heavy atom. The van der Waals surface area contributed by atoms with E-state index in [0.717, 1.165) is 25.8 Å². The van der Waals surface area contributed by atoms with E-state index in [-0.39, 0.29) is 29.8 Å². The van der Waals surface area contributed by atoms with Crippen molar-refractivity contribution < 1.29 is 14.3 Å². The first-order chi connectivity index (χ1) is 11.7. The summed E-state index contributed by atoms with van der Waals surface area (Å²) in [7, 11) is 0. The number of amides is 1. The van der Waals surface area contributed by atoms with Crippen LogP contribution in [0.25, 0.3) is 5.57 Å². The van der Waals surface area contributed by atoms with Crippen molar-refractivity contribution in [3.63, 3.8) is 0 Å². The predicted molar refractivity (Wildman–Crippen MR) is 88.7 cm³/mol. The van der Waals surface area contributed by atoms with Gasteiger partial charge in [0, 0.05) is 19.0 Å². The van der Waals surface area contributed by atoms with Gasteiger partial charge in [-0.1, -0.05) is 36.4 Å². The zero-order valence-electron chi connectivity index (χ0n) is 13.6. The molecule has 4 nitrogen and oxygen atoms in total. The lowest BCUT2D eigenvalue weighted by atomic mass is 9.79. The summed E-state index contributed by atoms with van der Waals surface area (Å²) < 4.78 is 5.46. The van der Waals surface area contributed by atoms with Crippen LogP contribution in [0.5, 0.6) is 0 Å². The molecule has 4 aliphatic rings. The molecule has 0 radical (unpaired) electrons. The second kappa shape index (κ2) is 5.20. The van der Waals surface area contributed by atoms with Crippen molar-refractivity contribution in [3.8, 4) is 0 Å². The van der Waals surface area contributed by atoms with Gasteiger partial charge < -0.3 is 9.64 Å². The highest BCUT2D eigenvalue weighted by atomic mass is 16.6. The Balaban J connectivity index is 1.33. The number of benzene rings is 1. The van der Waals surface area contributed by atoms with E-state index in [2.05, 4.69) is 18.2 Å². The molecule has 5 atom stereocenters. The summed E-state index contributed by atoms with van der Waals surface area (Å²) in [6.45, 7) is 1.40. The summed E-state index contributed by atoms with van der Waals surface area (Å²) in [6.07, 6.45) is 5.04. The zero-order chi connectivity index (χ0) is 16.3. The monoisotopic (exact) mass is 323 g/mol. The summed E-state index contributed by atoms with van der Waals surface area (Å²) in [5.74, 6) is 0.405. The molecule has 2 aliphatic carbocycles. The van der Waals surface area contributed by atoms with Gasteiger partial charge >= 0.3 is 5.97 Å². The molecule has 1 aromatic carbocycles. The Morgan fingerprint density at radius 3 is 2.75 bits per heavy atom. The number of hydrogen-bond acceptors (Lipinski definition) is 3. The highest BCUT2D eigenvalue weighted by Gasteiger charge is 2.64. The van der Waals surface area contributed by atoms with Crippen LogP contribution in [-0.2, 0) is 14.3 Å². The molecule has 2 saturated carbocycles. The Labute approximate surface area is 141 Å². The molecule has 24 heavy (non-hydrogen) atoms. The molecule has 0 N–H and O–H groups in total. The number of carbonyl (C=O) groups is 2. The summed E-state index contributed by atoms with van der Waals surface area (Å²) >= 11 is 0. The van der Waals surface area contributed by atoms with Gasteiger partial charge in [-0.25, -0.2) is 0 Å². The van der Waals surface area contributed by atoms with E-state index >= 15 is 0 Å². The molecular weight excluding hydrogens is 302 g/mol. The van der Waals surface area contributed by atoms with E-state index in [1.54, 1.807) is 0 Å². The topological polar surface area (TPSA) is 46.6 Å². The third kappa shape index (κ3) is 1.98. The van der Waals surface area contributed by atoms with Crippen LogP contribution in [0, 0.1) is 23.7 Å². The van der Waals surface area contributed by atoms with Crippen molar-refractivity contribution in [2.24, 2.45) is 23.7 Å². The molecule has 2 heterocycles. The Morgan fingerprint density at radius 1 is 1.17 bits per heavy atom. The van der Waals surface area contributed by atoms with Gasteiger partial charge in [0.1, 0.15) is 6.10 Å². The van der Waals surface area contributed by atoms with E-state index in [1.807, 2.05) is 23.1 Å². The van der Waals surface area contributed by atoms with Crippen LogP contribution in [-0.4, -0.2) is 36.0 Å². The first-order valence-electron chi connectivity index (χ1n) is 8.96. The lowest BCUT2D eigenvalue weighted by molar-refractivity contribution is -0.148. The molecule has 0 aromatic heterocycles. The van der Waals surface area contributed by atoms with Crippen molar-refractivity contribution in [1.82, 2.24) is 4.90 Å². The minimum atomic E-state index is -0.166. The Kier molecular flexibility index (Phi) is 3.09. The number of ether oxygens (including phenoxy) is 1.